The number of carbonyl (C=O) groups is 1. The molecule has 3 heterocycles. The highest BCUT2D eigenvalue weighted by Crippen LogP contribution is 2.16. The third-order valence-corrected chi connectivity index (χ3v) is 4.77. The van der Waals surface area contributed by atoms with Crippen molar-refractivity contribution in [2.45, 2.75) is 26.8 Å². The number of fused-ring (bicyclic) bond motifs is 1. The lowest BCUT2D eigenvalue weighted by Gasteiger charge is -2.20. The van der Waals surface area contributed by atoms with Crippen LogP contribution < -0.4 is 5.32 Å². The van der Waals surface area contributed by atoms with Crippen molar-refractivity contribution in [1.29, 1.82) is 0 Å². The molecule has 0 spiro atoms. The van der Waals surface area contributed by atoms with Crippen molar-refractivity contribution in [3.8, 4) is 0 Å². The Balaban J connectivity index is 1.47. The number of aromatic nitrogens is 2. The fourth-order valence-electron chi connectivity index (χ4n) is 3.55. The van der Waals surface area contributed by atoms with Gasteiger partial charge in [0.15, 0.2) is 0 Å². The maximum atomic E-state index is 12.4. The number of rotatable bonds is 6. The van der Waals surface area contributed by atoms with E-state index in [0.717, 1.165) is 37.5 Å². The first-order valence-electron chi connectivity index (χ1n) is 9.15. The molecular formula is C19H29N5O. The number of hydrogen-bond acceptors (Lipinski definition) is 3. The zero-order valence-electron chi connectivity index (χ0n) is 15.5. The third-order valence-electron chi connectivity index (χ3n) is 4.77. The zero-order valence-corrected chi connectivity index (χ0v) is 15.5. The number of likely N-dealkylation sites (tertiary alicyclic amines) is 1. The van der Waals surface area contributed by atoms with E-state index in [1.807, 2.05) is 42.0 Å². The summed E-state index contributed by atoms with van der Waals surface area (Å²) in [4.78, 5) is 21.0. The molecule has 0 bridgehead atoms. The first-order chi connectivity index (χ1) is 12.0. The second kappa shape index (κ2) is 7.87. The van der Waals surface area contributed by atoms with Crippen LogP contribution in [0.5, 0.6) is 0 Å². The van der Waals surface area contributed by atoms with E-state index < -0.39 is 0 Å². The van der Waals surface area contributed by atoms with Gasteiger partial charge in [-0.15, -0.1) is 0 Å². The van der Waals surface area contributed by atoms with Crippen LogP contribution in [0.3, 0.4) is 0 Å². The minimum Gasteiger partial charge on any atom is -0.338 e. The Morgan fingerprint density at radius 2 is 2.28 bits per heavy atom. The lowest BCUT2D eigenvalue weighted by Crippen LogP contribution is -2.40. The molecule has 1 aliphatic rings. The Kier molecular flexibility index (Phi) is 5.58. The summed E-state index contributed by atoms with van der Waals surface area (Å²) in [5.74, 6) is 1.26. The molecule has 0 unspecified atom stereocenters. The molecule has 6 heteroatoms. The van der Waals surface area contributed by atoms with Crippen molar-refractivity contribution in [3.63, 3.8) is 0 Å². The van der Waals surface area contributed by atoms with Gasteiger partial charge in [-0.3, -0.25) is 0 Å². The number of carbonyl (C=O) groups excluding carboxylic acids is 1. The molecule has 1 N–H and O–H groups in total. The summed E-state index contributed by atoms with van der Waals surface area (Å²) in [5, 5.41) is 3.09. The van der Waals surface area contributed by atoms with Crippen LogP contribution in [0, 0.1) is 11.8 Å². The van der Waals surface area contributed by atoms with E-state index in [4.69, 9.17) is 0 Å². The van der Waals surface area contributed by atoms with Crippen LogP contribution in [-0.2, 0) is 6.54 Å². The van der Waals surface area contributed by atoms with Gasteiger partial charge in [0.25, 0.3) is 0 Å². The molecule has 25 heavy (non-hydrogen) atoms. The van der Waals surface area contributed by atoms with E-state index in [1.54, 1.807) is 4.90 Å². The summed E-state index contributed by atoms with van der Waals surface area (Å²) in [6, 6.07) is 5.88. The zero-order chi connectivity index (χ0) is 17.8. The molecule has 136 valence electrons. The highest BCUT2D eigenvalue weighted by molar-refractivity contribution is 5.73. The Morgan fingerprint density at radius 3 is 3.08 bits per heavy atom. The maximum absolute atomic E-state index is 12.4. The van der Waals surface area contributed by atoms with Gasteiger partial charge in [0, 0.05) is 32.9 Å². The fraction of sp³-hybridized carbons (Fsp3) is 0.579. The molecule has 1 aliphatic heterocycles. The molecule has 1 saturated heterocycles. The predicted octanol–water partition coefficient (Wildman–Crippen LogP) is 2.45. The average Bonchev–Trinajstić information content (AvgIpc) is 3.19. The summed E-state index contributed by atoms with van der Waals surface area (Å²) in [6.45, 7) is 9.20. The standard InChI is InChI=1S/C19H29N5O/c1-15(2)12-23-9-7-16(13-23)10-21-19(25)22(3)14-17-11-20-18-6-4-5-8-24(17)18/h4-6,8,11,15-16H,7,9-10,12-14H2,1-3H3,(H,21,25)/t16-/m1/s1. The van der Waals surface area contributed by atoms with Gasteiger partial charge in [-0.05, 0) is 36.9 Å². The molecule has 0 saturated carbocycles. The monoisotopic (exact) mass is 343 g/mol. The van der Waals surface area contributed by atoms with Crippen LogP contribution in [0.4, 0.5) is 4.79 Å². The summed E-state index contributed by atoms with van der Waals surface area (Å²) in [6.07, 6.45) is 4.98. The van der Waals surface area contributed by atoms with E-state index in [-0.39, 0.29) is 6.03 Å². The molecule has 2 amide bonds. The number of urea groups is 1. The Bertz CT molecular complexity index is 711. The lowest BCUT2D eigenvalue weighted by molar-refractivity contribution is 0.204. The Hall–Kier alpha value is -2.08. The number of amides is 2. The van der Waals surface area contributed by atoms with Gasteiger partial charge >= 0.3 is 6.03 Å². The van der Waals surface area contributed by atoms with Crippen LogP contribution >= 0.6 is 0 Å². The second-order valence-corrected chi connectivity index (χ2v) is 7.53. The number of imidazole rings is 1. The molecule has 1 fully saturated rings. The lowest BCUT2D eigenvalue weighted by atomic mass is 10.1. The molecule has 0 aliphatic carbocycles. The topological polar surface area (TPSA) is 52.9 Å². The highest BCUT2D eigenvalue weighted by Gasteiger charge is 2.23. The number of nitrogens with zero attached hydrogens (tertiary/aromatic N) is 4. The van der Waals surface area contributed by atoms with Crippen LogP contribution in [-0.4, -0.2) is 58.4 Å². The van der Waals surface area contributed by atoms with E-state index >= 15 is 0 Å². The minimum absolute atomic E-state index is 0.0202. The van der Waals surface area contributed by atoms with Crippen molar-refractivity contribution in [2.24, 2.45) is 11.8 Å². The summed E-state index contributed by atoms with van der Waals surface area (Å²) in [5.41, 5.74) is 1.92. The predicted molar refractivity (Wildman–Crippen MR) is 99.4 cm³/mol. The fourth-order valence-corrected chi connectivity index (χ4v) is 3.55. The maximum Gasteiger partial charge on any atom is 0.317 e. The molecular weight excluding hydrogens is 314 g/mol. The van der Waals surface area contributed by atoms with Crippen LogP contribution in [0.15, 0.2) is 30.6 Å². The van der Waals surface area contributed by atoms with Gasteiger partial charge in [0.2, 0.25) is 0 Å². The van der Waals surface area contributed by atoms with E-state index in [2.05, 4.69) is 29.0 Å². The molecule has 1 atom stereocenters. The minimum atomic E-state index is -0.0202. The van der Waals surface area contributed by atoms with E-state index in [1.165, 1.54) is 6.42 Å². The summed E-state index contributed by atoms with van der Waals surface area (Å²) >= 11 is 0. The van der Waals surface area contributed by atoms with Crippen molar-refractivity contribution >= 4 is 11.7 Å². The second-order valence-electron chi connectivity index (χ2n) is 7.53. The van der Waals surface area contributed by atoms with Gasteiger partial charge in [0.05, 0.1) is 18.4 Å². The highest BCUT2D eigenvalue weighted by atomic mass is 16.2. The molecule has 0 aromatic carbocycles. The average molecular weight is 343 g/mol. The van der Waals surface area contributed by atoms with Crippen molar-refractivity contribution in [1.82, 2.24) is 24.5 Å². The normalized spacial score (nSPS) is 18.2. The van der Waals surface area contributed by atoms with Crippen molar-refractivity contribution < 1.29 is 4.79 Å². The largest absolute Gasteiger partial charge is 0.338 e. The van der Waals surface area contributed by atoms with Crippen LogP contribution in [0.25, 0.3) is 5.65 Å². The van der Waals surface area contributed by atoms with E-state index in [9.17, 15) is 4.79 Å². The SMILES string of the molecule is CC(C)CN1CC[C@H](CNC(=O)N(C)Cc2cnc3ccccn23)C1. The van der Waals surface area contributed by atoms with Crippen LogP contribution in [0.1, 0.15) is 26.0 Å². The van der Waals surface area contributed by atoms with Gasteiger partial charge in [0.1, 0.15) is 5.65 Å². The van der Waals surface area contributed by atoms with Gasteiger partial charge in [-0.25, -0.2) is 9.78 Å². The molecule has 2 aromatic heterocycles. The summed E-state index contributed by atoms with van der Waals surface area (Å²) < 4.78 is 2.02. The number of hydrogen-bond donors (Lipinski definition) is 1. The van der Waals surface area contributed by atoms with Crippen LogP contribution in [0.2, 0.25) is 0 Å². The summed E-state index contributed by atoms with van der Waals surface area (Å²) in [7, 11) is 1.83. The number of nitrogens with one attached hydrogen (secondary N) is 1. The molecule has 2 aromatic rings. The van der Waals surface area contributed by atoms with Gasteiger partial charge in [-0.1, -0.05) is 19.9 Å². The third kappa shape index (κ3) is 4.51. The van der Waals surface area contributed by atoms with Gasteiger partial charge < -0.3 is 19.5 Å². The van der Waals surface area contributed by atoms with Crippen molar-refractivity contribution in [3.05, 3.63) is 36.3 Å². The molecule has 0 radical (unpaired) electrons. The molecule has 6 nitrogen and oxygen atoms in total. The quantitative estimate of drug-likeness (QED) is 0.876. The van der Waals surface area contributed by atoms with Crippen molar-refractivity contribution in [2.75, 3.05) is 33.2 Å². The smallest absolute Gasteiger partial charge is 0.317 e. The van der Waals surface area contributed by atoms with Gasteiger partial charge in [-0.2, -0.15) is 0 Å². The molecule has 3 rings (SSSR count). The Labute approximate surface area is 149 Å². The first kappa shape index (κ1) is 17.7. The Morgan fingerprint density at radius 1 is 1.44 bits per heavy atom. The first-order valence-corrected chi connectivity index (χ1v) is 9.15. The number of pyridine rings is 1. The van der Waals surface area contributed by atoms with E-state index in [0.29, 0.717) is 18.4 Å².